The van der Waals surface area contributed by atoms with E-state index in [4.69, 9.17) is 4.42 Å². The van der Waals surface area contributed by atoms with Crippen LogP contribution >= 0.6 is 0 Å². The third-order valence-corrected chi connectivity index (χ3v) is 5.17. The van der Waals surface area contributed by atoms with E-state index in [2.05, 4.69) is 20.7 Å². The van der Waals surface area contributed by atoms with Crippen LogP contribution in [0.15, 0.2) is 28.7 Å². The molecule has 1 aliphatic rings. The third-order valence-electron chi connectivity index (χ3n) is 5.17. The van der Waals surface area contributed by atoms with E-state index in [1.54, 1.807) is 0 Å². The molecule has 2 atom stereocenters. The Labute approximate surface area is 158 Å². The first kappa shape index (κ1) is 17.6. The Kier molecular flexibility index (Phi) is 4.59. The molecule has 4 rings (SSSR count). The van der Waals surface area contributed by atoms with Crippen LogP contribution in [0.25, 0.3) is 11.0 Å². The summed E-state index contributed by atoms with van der Waals surface area (Å²) in [5.74, 6) is 2.67. The van der Waals surface area contributed by atoms with Crippen LogP contribution in [0, 0.1) is 6.92 Å². The minimum atomic E-state index is -0.213. The van der Waals surface area contributed by atoms with Gasteiger partial charge in [0.15, 0.2) is 5.82 Å². The molecule has 3 heterocycles. The van der Waals surface area contributed by atoms with Crippen LogP contribution in [0.3, 0.4) is 0 Å². The van der Waals surface area contributed by atoms with E-state index >= 15 is 0 Å². The molecule has 2 N–H and O–H groups in total. The van der Waals surface area contributed by atoms with Crippen molar-refractivity contribution in [2.24, 2.45) is 0 Å². The van der Waals surface area contributed by atoms with Crippen molar-refractivity contribution < 1.29 is 9.21 Å². The number of nitrogens with zero attached hydrogens (tertiary/aromatic N) is 3. The summed E-state index contributed by atoms with van der Waals surface area (Å²) in [5.41, 5.74) is 1.91. The van der Waals surface area contributed by atoms with E-state index in [1.165, 1.54) is 0 Å². The zero-order chi connectivity index (χ0) is 19.0. The highest BCUT2D eigenvalue weighted by Crippen LogP contribution is 2.29. The molecule has 2 unspecified atom stereocenters. The lowest BCUT2D eigenvalue weighted by Gasteiger charge is -2.24. The fourth-order valence-corrected chi connectivity index (χ4v) is 3.72. The molecule has 27 heavy (non-hydrogen) atoms. The summed E-state index contributed by atoms with van der Waals surface area (Å²) in [6.07, 6.45) is 2.52. The molecule has 7 heteroatoms. The maximum absolute atomic E-state index is 12.5. The van der Waals surface area contributed by atoms with Gasteiger partial charge in [-0.3, -0.25) is 0 Å². The van der Waals surface area contributed by atoms with Crippen molar-refractivity contribution in [1.82, 2.24) is 25.4 Å². The first-order valence-electron chi connectivity index (χ1n) is 9.52. The second-order valence-electron chi connectivity index (χ2n) is 7.14. The number of aryl methyl sites for hydroxylation is 3. The zero-order valence-corrected chi connectivity index (χ0v) is 16.0. The Morgan fingerprint density at radius 3 is 3.00 bits per heavy atom. The fraction of sp³-hybridized carbons (Fsp3) is 0.450. The van der Waals surface area contributed by atoms with Gasteiger partial charge in [0.2, 0.25) is 0 Å². The Morgan fingerprint density at radius 1 is 1.41 bits per heavy atom. The largest absolute Gasteiger partial charge is 0.459 e. The van der Waals surface area contributed by atoms with Crippen LogP contribution in [-0.4, -0.2) is 26.8 Å². The van der Waals surface area contributed by atoms with Gasteiger partial charge in [-0.15, -0.1) is 0 Å². The molecule has 0 radical (unpaired) electrons. The summed E-state index contributed by atoms with van der Waals surface area (Å²) in [7, 11) is 0. The van der Waals surface area contributed by atoms with Crippen LogP contribution < -0.4 is 10.6 Å². The summed E-state index contributed by atoms with van der Waals surface area (Å²) in [4.78, 5) is 17.0. The van der Waals surface area contributed by atoms with Crippen LogP contribution in [0.1, 0.15) is 49.3 Å². The van der Waals surface area contributed by atoms with E-state index in [0.717, 1.165) is 53.2 Å². The molecule has 0 saturated heterocycles. The second-order valence-corrected chi connectivity index (χ2v) is 7.14. The van der Waals surface area contributed by atoms with Gasteiger partial charge >= 0.3 is 6.03 Å². The van der Waals surface area contributed by atoms with Crippen molar-refractivity contribution in [3.05, 3.63) is 47.2 Å². The fourth-order valence-electron chi connectivity index (χ4n) is 3.72. The number of nitrogens with one attached hydrogen (secondary N) is 2. The highest BCUT2D eigenvalue weighted by molar-refractivity contribution is 5.82. The van der Waals surface area contributed by atoms with Crippen molar-refractivity contribution >= 4 is 17.0 Å². The molecular formula is C20H25N5O2. The van der Waals surface area contributed by atoms with Gasteiger partial charge in [-0.1, -0.05) is 25.1 Å². The van der Waals surface area contributed by atoms with Crippen LogP contribution in [-0.2, 0) is 19.4 Å². The molecule has 0 saturated carbocycles. The van der Waals surface area contributed by atoms with Crippen molar-refractivity contribution in [3.63, 3.8) is 0 Å². The summed E-state index contributed by atoms with van der Waals surface area (Å²) < 4.78 is 7.86. The number of carbonyl (C=O) groups excluding carboxylic acids is 1. The van der Waals surface area contributed by atoms with Crippen molar-refractivity contribution in [3.8, 4) is 0 Å². The Balaban J connectivity index is 1.39. The van der Waals surface area contributed by atoms with Crippen LogP contribution in [0.2, 0.25) is 0 Å². The Hall–Kier alpha value is -2.83. The van der Waals surface area contributed by atoms with Gasteiger partial charge in [0.1, 0.15) is 17.2 Å². The number of furan rings is 1. The molecule has 7 nitrogen and oxygen atoms in total. The number of fused-ring (bicyclic) bond motifs is 2. The number of para-hydroxylation sites is 1. The number of aromatic nitrogens is 3. The number of urea groups is 1. The minimum Gasteiger partial charge on any atom is -0.459 e. The van der Waals surface area contributed by atoms with Gasteiger partial charge in [0, 0.05) is 23.8 Å². The van der Waals surface area contributed by atoms with Crippen molar-refractivity contribution in [2.45, 2.75) is 58.7 Å². The third kappa shape index (κ3) is 3.41. The van der Waals surface area contributed by atoms with E-state index < -0.39 is 0 Å². The molecular weight excluding hydrogens is 342 g/mol. The smallest absolute Gasteiger partial charge is 0.315 e. The number of benzene rings is 1. The average Bonchev–Trinajstić information content (AvgIpc) is 3.22. The summed E-state index contributed by atoms with van der Waals surface area (Å²) >= 11 is 0. The molecule has 0 spiro atoms. The summed E-state index contributed by atoms with van der Waals surface area (Å²) in [6, 6.07) is 7.57. The normalized spacial score (nSPS) is 17.5. The SMILES string of the molecule is CCc1nc2n(n1)CC(NC(=O)NC(C)c1oc3ccccc3c1C)CC2. The molecule has 0 aliphatic carbocycles. The Morgan fingerprint density at radius 2 is 2.22 bits per heavy atom. The molecule has 1 aromatic carbocycles. The summed E-state index contributed by atoms with van der Waals surface area (Å²) in [6.45, 7) is 6.67. The second kappa shape index (κ2) is 7.06. The number of hydrogen-bond acceptors (Lipinski definition) is 4. The first-order valence-corrected chi connectivity index (χ1v) is 9.52. The van der Waals surface area contributed by atoms with Gasteiger partial charge < -0.3 is 15.1 Å². The lowest BCUT2D eigenvalue weighted by molar-refractivity contribution is 0.227. The maximum atomic E-state index is 12.5. The predicted octanol–water partition coefficient (Wildman–Crippen LogP) is 3.27. The highest BCUT2D eigenvalue weighted by Gasteiger charge is 2.24. The molecule has 0 bridgehead atoms. The topological polar surface area (TPSA) is 85.0 Å². The molecule has 2 amide bonds. The van der Waals surface area contributed by atoms with Gasteiger partial charge in [0.05, 0.1) is 18.6 Å². The standard InChI is InChI=1S/C20H25N5O2/c1-4-17-23-18-10-9-14(11-25(18)24-17)22-20(26)21-13(3)19-12(2)15-7-5-6-8-16(15)27-19/h5-8,13-14H,4,9-11H2,1-3H3,(H2,21,22,26). The summed E-state index contributed by atoms with van der Waals surface area (Å²) in [5, 5.41) is 11.6. The highest BCUT2D eigenvalue weighted by atomic mass is 16.3. The monoisotopic (exact) mass is 367 g/mol. The van der Waals surface area contributed by atoms with Crippen molar-refractivity contribution in [1.29, 1.82) is 0 Å². The van der Waals surface area contributed by atoms with Gasteiger partial charge in [-0.05, 0) is 26.3 Å². The van der Waals surface area contributed by atoms with Crippen molar-refractivity contribution in [2.75, 3.05) is 0 Å². The molecule has 3 aromatic rings. The molecule has 1 aliphatic heterocycles. The first-order chi connectivity index (χ1) is 13.0. The Bertz CT molecular complexity index is 974. The van der Waals surface area contributed by atoms with Gasteiger partial charge in [0.25, 0.3) is 0 Å². The number of hydrogen-bond donors (Lipinski definition) is 2. The number of amides is 2. The molecule has 2 aromatic heterocycles. The van der Waals surface area contributed by atoms with Crippen LogP contribution in [0.5, 0.6) is 0 Å². The van der Waals surface area contributed by atoms with Gasteiger partial charge in [-0.2, -0.15) is 5.10 Å². The van der Waals surface area contributed by atoms with E-state index in [0.29, 0.717) is 6.54 Å². The minimum absolute atomic E-state index is 0.0490. The molecule has 0 fully saturated rings. The van der Waals surface area contributed by atoms with Gasteiger partial charge in [-0.25, -0.2) is 14.5 Å². The quantitative estimate of drug-likeness (QED) is 0.741. The lowest BCUT2D eigenvalue weighted by Crippen LogP contribution is -2.46. The van der Waals surface area contributed by atoms with E-state index in [1.807, 2.05) is 49.7 Å². The number of carbonyl (C=O) groups is 1. The van der Waals surface area contributed by atoms with E-state index in [-0.39, 0.29) is 18.1 Å². The van der Waals surface area contributed by atoms with E-state index in [9.17, 15) is 4.79 Å². The maximum Gasteiger partial charge on any atom is 0.315 e. The average molecular weight is 367 g/mol. The number of rotatable bonds is 4. The lowest BCUT2D eigenvalue weighted by atomic mass is 10.1. The predicted molar refractivity (Wildman–Crippen MR) is 103 cm³/mol. The molecule has 142 valence electrons. The zero-order valence-electron chi connectivity index (χ0n) is 16.0. The van der Waals surface area contributed by atoms with Crippen LogP contribution in [0.4, 0.5) is 4.79 Å².